The summed E-state index contributed by atoms with van der Waals surface area (Å²) in [5.74, 6) is -0.356. The van der Waals surface area contributed by atoms with Crippen LogP contribution in [0.1, 0.15) is 40.3 Å². The van der Waals surface area contributed by atoms with Crippen molar-refractivity contribution in [1.82, 2.24) is 24.7 Å². The number of methoxy groups -OCH3 is 1. The Balaban J connectivity index is 1.74. The molecular formula is C25H29N5O2S. The fourth-order valence-corrected chi connectivity index (χ4v) is 4.63. The number of carbonyl (C=O) groups is 1. The molecule has 0 radical (unpaired) electrons. The average molecular weight is 464 g/mol. The van der Waals surface area contributed by atoms with E-state index < -0.39 is 0 Å². The molecule has 0 amide bonds. The molecule has 1 aliphatic heterocycles. The minimum Gasteiger partial charge on any atom is -0.465 e. The molecule has 0 spiro atoms. The zero-order chi connectivity index (χ0) is 23.4. The molecule has 1 saturated heterocycles. The SMILES string of the molecule is COC(=O)c1cccc(-n2cccc2[C@@H]2[C@@H](c3ccccn3)NC(=S)N2CCCN(C)C)c1. The van der Waals surface area contributed by atoms with E-state index in [4.69, 9.17) is 17.0 Å². The number of hydrogen-bond acceptors (Lipinski definition) is 5. The summed E-state index contributed by atoms with van der Waals surface area (Å²) in [7, 11) is 5.55. The van der Waals surface area contributed by atoms with E-state index in [2.05, 4.69) is 44.8 Å². The number of thiocarbonyl (C=S) groups is 1. The van der Waals surface area contributed by atoms with E-state index in [1.165, 1.54) is 7.11 Å². The van der Waals surface area contributed by atoms with Crippen molar-refractivity contribution in [2.24, 2.45) is 0 Å². The van der Waals surface area contributed by atoms with Crippen LogP contribution in [0.15, 0.2) is 67.0 Å². The number of nitrogens with one attached hydrogen (secondary N) is 1. The van der Waals surface area contributed by atoms with Crippen molar-refractivity contribution < 1.29 is 9.53 Å². The van der Waals surface area contributed by atoms with Gasteiger partial charge in [0.05, 0.1) is 30.5 Å². The van der Waals surface area contributed by atoms with Gasteiger partial charge in [0.15, 0.2) is 5.11 Å². The maximum atomic E-state index is 12.1. The minimum atomic E-state index is -0.356. The molecular weight excluding hydrogens is 434 g/mol. The van der Waals surface area contributed by atoms with Crippen molar-refractivity contribution in [3.05, 3.63) is 83.9 Å². The number of nitrogens with zero attached hydrogens (tertiary/aromatic N) is 4. The topological polar surface area (TPSA) is 62.6 Å². The van der Waals surface area contributed by atoms with Gasteiger partial charge in [-0.3, -0.25) is 4.98 Å². The molecule has 0 bridgehead atoms. The van der Waals surface area contributed by atoms with Gasteiger partial charge in [0.1, 0.15) is 0 Å². The van der Waals surface area contributed by atoms with Crippen molar-refractivity contribution in [1.29, 1.82) is 0 Å². The molecule has 1 N–H and O–H groups in total. The number of carbonyl (C=O) groups excluding carboxylic acids is 1. The van der Waals surface area contributed by atoms with Crippen LogP contribution in [0.25, 0.3) is 5.69 Å². The van der Waals surface area contributed by atoms with Crippen molar-refractivity contribution in [2.45, 2.75) is 18.5 Å². The van der Waals surface area contributed by atoms with E-state index in [1.807, 2.05) is 54.9 Å². The van der Waals surface area contributed by atoms with E-state index in [1.54, 1.807) is 6.07 Å². The lowest BCUT2D eigenvalue weighted by Crippen LogP contribution is -2.33. The van der Waals surface area contributed by atoms with Crippen LogP contribution in [0, 0.1) is 0 Å². The molecule has 0 unspecified atom stereocenters. The third-order valence-corrected chi connectivity index (χ3v) is 6.18. The van der Waals surface area contributed by atoms with E-state index in [0.29, 0.717) is 5.56 Å². The monoisotopic (exact) mass is 463 g/mol. The highest BCUT2D eigenvalue weighted by molar-refractivity contribution is 7.80. The minimum absolute atomic E-state index is 0.0497. The standard InChI is InChI=1S/C25H29N5O2S/c1-28(2)14-8-16-30-23(22(27-25(30)33)20-11-4-5-13-26-20)21-12-7-15-29(21)19-10-6-9-18(17-19)24(31)32-3/h4-7,9-13,15,17,22-23H,8,14,16H2,1-3H3,(H,27,33)/t22-,23-/m1/s1. The summed E-state index contributed by atoms with van der Waals surface area (Å²) in [6.07, 6.45) is 4.81. The van der Waals surface area contributed by atoms with Crippen LogP contribution in [-0.2, 0) is 4.74 Å². The molecule has 0 aliphatic carbocycles. The van der Waals surface area contributed by atoms with Gasteiger partial charge >= 0.3 is 5.97 Å². The van der Waals surface area contributed by atoms with Gasteiger partial charge in [-0.05, 0) is 81.7 Å². The van der Waals surface area contributed by atoms with Gasteiger partial charge in [0, 0.05) is 30.3 Å². The molecule has 3 heterocycles. The van der Waals surface area contributed by atoms with Crippen molar-refractivity contribution in [2.75, 3.05) is 34.3 Å². The van der Waals surface area contributed by atoms with Crippen LogP contribution in [0.4, 0.5) is 0 Å². The van der Waals surface area contributed by atoms with E-state index in [0.717, 1.165) is 41.7 Å². The Labute approximate surface area is 200 Å². The Kier molecular flexibility index (Phi) is 7.05. The molecule has 2 aromatic heterocycles. The number of rotatable bonds is 8. The zero-order valence-electron chi connectivity index (χ0n) is 19.1. The smallest absolute Gasteiger partial charge is 0.337 e. The van der Waals surface area contributed by atoms with Crippen LogP contribution in [0.2, 0.25) is 0 Å². The maximum Gasteiger partial charge on any atom is 0.337 e. The first kappa shape index (κ1) is 22.9. The number of benzene rings is 1. The van der Waals surface area contributed by atoms with Gasteiger partial charge in [-0.15, -0.1) is 0 Å². The molecule has 2 atom stereocenters. The molecule has 8 heteroatoms. The molecule has 172 valence electrons. The number of aromatic nitrogens is 2. The fraction of sp³-hybridized carbons (Fsp3) is 0.320. The Hall–Kier alpha value is -3.23. The molecule has 1 fully saturated rings. The normalized spacial score (nSPS) is 17.9. The number of esters is 1. The van der Waals surface area contributed by atoms with E-state index >= 15 is 0 Å². The molecule has 4 rings (SSSR count). The Morgan fingerprint density at radius 1 is 1.18 bits per heavy atom. The number of hydrogen-bond donors (Lipinski definition) is 1. The first-order valence-electron chi connectivity index (χ1n) is 11.0. The zero-order valence-corrected chi connectivity index (χ0v) is 20.0. The van der Waals surface area contributed by atoms with Gasteiger partial charge < -0.3 is 24.4 Å². The quantitative estimate of drug-likeness (QED) is 0.405. The Morgan fingerprint density at radius 3 is 2.76 bits per heavy atom. The molecule has 33 heavy (non-hydrogen) atoms. The Bertz CT molecular complexity index is 1110. The molecule has 1 aliphatic rings. The summed E-state index contributed by atoms with van der Waals surface area (Å²) in [5.41, 5.74) is 3.42. The van der Waals surface area contributed by atoms with E-state index in [9.17, 15) is 4.79 Å². The first-order chi connectivity index (χ1) is 16.0. The highest BCUT2D eigenvalue weighted by Gasteiger charge is 2.41. The van der Waals surface area contributed by atoms with Crippen LogP contribution in [0.3, 0.4) is 0 Å². The second-order valence-corrected chi connectivity index (χ2v) is 8.71. The number of pyridine rings is 1. The summed E-state index contributed by atoms with van der Waals surface area (Å²) >= 11 is 5.78. The predicted octanol–water partition coefficient (Wildman–Crippen LogP) is 3.58. The average Bonchev–Trinajstić information content (AvgIpc) is 3.43. The summed E-state index contributed by atoms with van der Waals surface area (Å²) in [5, 5.41) is 4.24. The second kappa shape index (κ2) is 10.1. The molecule has 0 saturated carbocycles. The summed E-state index contributed by atoms with van der Waals surface area (Å²) < 4.78 is 7.03. The van der Waals surface area contributed by atoms with Crippen LogP contribution >= 0.6 is 12.2 Å². The lowest BCUT2D eigenvalue weighted by molar-refractivity contribution is 0.0600. The van der Waals surface area contributed by atoms with Gasteiger partial charge in [-0.1, -0.05) is 12.1 Å². The number of ether oxygens (including phenoxy) is 1. The highest BCUT2D eigenvalue weighted by Crippen LogP contribution is 2.39. The summed E-state index contributed by atoms with van der Waals surface area (Å²) in [6.45, 7) is 1.80. The molecule has 3 aromatic rings. The predicted molar refractivity (Wildman–Crippen MR) is 132 cm³/mol. The molecule has 1 aromatic carbocycles. The highest BCUT2D eigenvalue weighted by atomic mass is 32.1. The lowest BCUT2D eigenvalue weighted by atomic mass is 10.0. The van der Waals surface area contributed by atoms with Gasteiger partial charge in [-0.2, -0.15) is 0 Å². The largest absolute Gasteiger partial charge is 0.465 e. The van der Waals surface area contributed by atoms with Crippen molar-refractivity contribution in [3.8, 4) is 5.69 Å². The van der Waals surface area contributed by atoms with Crippen molar-refractivity contribution >= 4 is 23.3 Å². The first-order valence-corrected chi connectivity index (χ1v) is 11.4. The lowest BCUT2D eigenvalue weighted by Gasteiger charge is -2.29. The van der Waals surface area contributed by atoms with Gasteiger partial charge in [-0.25, -0.2) is 4.79 Å². The maximum absolute atomic E-state index is 12.1. The summed E-state index contributed by atoms with van der Waals surface area (Å²) in [6, 6.07) is 17.4. The third kappa shape index (κ3) is 4.91. The fourth-order valence-electron chi connectivity index (χ4n) is 4.30. The molecule has 7 nitrogen and oxygen atoms in total. The third-order valence-electron chi connectivity index (χ3n) is 5.83. The van der Waals surface area contributed by atoms with Gasteiger partial charge in [0.25, 0.3) is 0 Å². The van der Waals surface area contributed by atoms with Crippen LogP contribution < -0.4 is 5.32 Å². The second-order valence-electron chi connectivity index (χ2n) is 8.32. The van der Waals surface area contributed by atoms with Crippen molar-refractivity contribution in [3.63, 3.8) is 0 Å². The Morgan fingerprint density at radius 2 is 2.03 bits per heavy atom. The van der Waals surface area contributed by atoms with Crippen LogP contribution in [0.5, 0.6) is 0 Å². The van der Waals surface area contributed by atoms with Gasteiger partial charge in [0.2, 0.25) is 0 Å². The summed E-state index contributed by atoms with van der Waals surface area (Å²) in [4.78, 5) is 21.2. The van der Waals surface area contributed by atoms with Crippen LogP contribution in [-0.4, -0.2) is 64.7 Å². The van der Waals surface area contributed by atoms with E-state index in [-0.39, 0.29) is 18.1 Å².